The second-order valence-corrected chi connectivity index (χ2v) is 22.0. The lowest BCUT2D eigenvalue weighted by Gasteiger charge is -2.18. The minimum Gasteiger partial charge on any atom is -0.462 e. The summed E-state index contributed by atoms with van der Waals surface area (Å²) >= 11 is 0. The van der Waals surface area contributed by atoms with Crippen LogP contribution in [0.25, 0.3) is 0 Å². The molecule has 6 nitrogen and oxygen atoms in total. The van der Waals surface area contributed by atoms with Crippen molar-refractivity contribution < 1.29 is 28.6 Å². The van der Waals surface area contributed by atoms with Crippen molar-refractivity contribution in [2.75, 3.05) is 13.2 Å². The molecule has 6 heteroatoms. The molecule has 0 aromatic heterocycles. The zero-order valence-electron chi connectivity index (χ0n) is 50.1. The Hall–Kier alpha value is -2.89. The van der Waals surface area contributed by atoms with Crippen LogP contribution in [0.4, 0.5) is 0 Å². The number of unbranched alkanes of at least 4 members (excludes halogenated alkanes) is 39. The third-order valence-electron chi connectivity index (χ3n) is 14.5. The Balaban J connectivity index is 4.19. The van der Waals surface area contributed by atoms with Crippen LogP contribution in [0.15, 0.2) is 60.8 Å². The number of allylic oxidation sites excluding steroid dienone is 10. The van der Waals surface area contributed by atoms with Crippen molar-refractivity contribution >= 4 is 17.9 Å². The maximum absolute atomic E-state index is 12.9. The first-order valence-electron chi connectivity index (χ1n) is 32.8. The van der Waals surface area contributed by atoms with Crippen molar-refractivity contribution in [2.45, 2.75) is 348 Å². The van der Waals surface area contributed by atoms with Crippen LogP contribution in [0.3, 0.4) is 0 Å². The molecule has 0 radical (unpaired) electrons. The van der Waals surface area contributed by atoms with E-state index in [0.29, 0.717) is 19.3 Å². The van der Waals surface area contributed by atoms with Crippen molar-refractivity contribution in [2.24, 2.45) is 0 Å². The average Bonchev–Trinajstić information content (AvgIpc) is 3.41. The normalized spacial score (nSPS) is 12.4. The lowest BCUT2D eigenvalue weighted by molar-refractivity contribution is -0.167. The fourth-order valence-corrected chi connectivity index (χ4v) is 9.50. The summed E-state index contributed by atoms with van der Waals surface area (Å²) in [6, 6.07) is 0. The first kappa shape index (κ1) is 72.1. The van der Waals surface area contributed by atoms with E-state index in [0.717, 1.165) is 96.3 Å². The second kappa shape index (κ2) is 63.6. The first-order valence-corrected chi connectivity index (χ1v) is 32.8. The van der Waals surface area contributed by atoms with Crippen LogP contribution in [0, 0.1) is 0 Å². The van der Waals surface area contributed by atoms with Gasteiger partial charge in [-0.3, -0.25) is 14.4 Å². The van der Waals surface area contributed by atoms with Gasteiger partial charge in [0.1, 0.15) is 13.2 Å². The Morgan fingerprint density at radius 2 is 0.480 bits per heavy atom. The number of esters is 3. The highest BCUT2D eigenvalue weighted by molar-refractivity contribution is 5.71. The van der Waals surface area contributed by atoms with Crippen LogP contribution in [-0.2, 0) is 28.6 Å². The summed E-state index contributed by atoms with van der Waals surface area (Å²) in [5, 5.41) is 0. The molecule has 0 saturated heterocycles. The molecule has 75 heavy (non-hydrogen) atoms. The maximum Gasteiger partial charge on any atom is 0.306 e. The topological polar surface area (TPSA) is 78.9 Å². The number of ether oxygens (including phenoxy) is 3. The number of carbonyl (C=O) groups excluding carboxylic acids is 3. The Morgan fingerprint density at radius 1 is 0.267 bits per heavy atom. The van der Waals surface area contributed by atoms with Gasteiger partial charge in [-0.15, -0.1) is 0 Å². The molecule has 1 atom stereocenters. The Bertz CT molecular complexity index is 1340. The number of rotatable bonds is 60. The summed E-state index contributed by atoms with van der Waals surface area (Å²) < 4.78 is 16.9. The fourth-order valence-electron chi connectivity index (χ4n) is 9.50. The largest absolute Gasteiger partial charge is 0.462 e. The van der Waals surface area contributed by atoms with Gasteiger partial charge in [-0.05, 0) is 109 Å². The molecule has 0 N–H and O–H groups in total. The molecule has 436 valence electrons. The van der Waals surface area contributed by atoms with Gasteiger partial charge in [0, 0.05) is 19.3 Å². The summed E-state index contributed by atoms with van der Waals surface area (Å²) in [4.78, 5) is 38.2. The minimum absolute atomic E-state index is 0.0799. The molecule has 0 rings (SSSR count). The van der Waals surface area contributed by atoms with Crippen molar-refractivity contribution in [1.29, 1.82) is 0 Å². The molecule has 0 fully saturated rings. The van der Waals surface area contributed by atoms with Gasteiger partial charge in [0.25, 0.3) is 0 Å². The number of carbonyl (C=O) groups is 3. The standard InChI is InChI=1S/C69H124O6/c1-4-7-10-13-16-19-22-25-27-28-29-30-31-32-33-34-35-36-37-38-39-40-42-44-47-50-53-56-59-62-68(71)74-65-66(64-73-67(70)61-58-55-52-49-46-43-24-21-18-15-12-9-6-3)75-69(72)63-60-57-54-51-48-45-41-26-23-20-17-14-11-8-5-2/h17,20-22,24-26,28-29,41,66H,4-16,18-19,23,27,30-40,42-65H2,1-3H3/b20-17-,24-21-,25-22-,29-28-,41-26-. The zero-order chi connectivity index (χ0) is 54.3. The van der Waals surface area contributed by atoms with Crippen LogP contribution in [-0.4, -0.2) is 37.2 Å². The van der Waals surface area contributed by atoms with Gasteiger partial charge in [-0.1, -0.05) is 274 Å². The van der Waals surface area contributed by atoms with Gasteiger partial charge >= 0.3 is 17.9 Å². The number of hydrogen-bond acceptors (Lipinski definition) is 6. The summed E-state index contributed by atoms with van der Waals surface area (Å²) in [7, 11) is 0. The first-order chi connectivity index (χ1) is 37.0. The molecule has 0 bridgehead atoms. The molecular formula is C69H124O6. The molecule has 0 aliphatic carbocycles. The van der Waals surface area contributed by atoms with Gasteiger partial charge in [0.05, 0.1) is 0 Å². The SMILES string of the molecule is CCCCC/C=C\C/C=C\CCCCCCCC(=O)OC(COC(=O)CCCCCCC/C=C\CCCCCC)COC(=O)CCCCCCCCCCCCCCCCCCC/C=C\C/C=C\CCCCCCC. The second-order valence-electron chi connectivity index (χ2n) is 22.0. The lowest BCUT2D eigenvalue weighted by Crippen LogP contribution is -2.30. The molecule has 0 aliphatic heterocycles. The number of hydrogen-bond donors (Lipinski definition) is 0. The summed E-state index contributed by atoms with van der Waals surface area (Å²) in [6.45, 7) is 6.61. The van der Waals surface area contributed by atoms with E-state index in [2.05, 4.69) is 81.5 Å². The third-order valence-corrected chi connectivity index (χ3v) is 14.5. The molecule has 0 spiro atoms. The zero-order valence-corrected chi connectivity index (χ0v) is 50.1. The highest BCUT2D eigenvalue weighted by Crippen LogP contribution is 2.17. The lowest BCUT2D eigenvalue weighted by atomic mass is 10.0. The smallest absolute Gasteiger partial charge is 0.306 e. The van der Waals surface area contributed by atoms with E-state index in [1.165, 1.54) is 205 Å². The van der Waals surface area contributed by atoms with Gasteiger partial charge < -0.3 is 14.2 Å². The van der Waals surface area contributed by atoms with Crippen LogP contribution in [0.2, 0.25) is 0 Å². The van der Waals surface area contributed by atoms with E-state index in [9.17, 15) is 14.4 Å². The average molecular weight is 1050 g/mol. The Kier molecular flexibility index (Phi) is 61.2. The minimum atomic E-state index is -0.784. The quantitative estimate of drug-likeness (QED) is 0.0261. The third kappa shape index (κ3) is 61.8. The molecule has 0 aromatic rings. The van der Waals surface area contributed by atoms with Crippen molar-refractivity contribution in [3.8, 4) is 0 Å². The molecular weight excluding hydrogens is 925 g/mol. The van der Waals surface area contributed by atoms with Crippen molar-refractivity contribution in [3.63, 3.8) is 0 Å². The Labute approximate surface area is 466 Å². The van der Waals surface area contributed by atoms with E-state index >= 15 is 0 Å². The van der Waals surface area contributed by atoms with Crippen LogP contribution in [0.5, 0.6) is 0 Å². The summed E-state index contributed by atoms with van der Waals surface area (Å²) in [5.74, 6) is -0.887. The highest BCUT2D eigenvalue weighted by Gasteiger charge is 2.19. The van der Waals surface area contributed by atoms with Gasteiger partial charge in [-0.2, -0.15) is 0 Å². The van der Waals surface area contributed by atoms with Crippen LogP contribution >= 0.6 is 0 Å². The van der Waals surface area contributed by atoms with Gasteiger partial charge in [0.2, 0.25) is 0 Å². The predicted octanol–water partition coefficient (Wildman–Crippen LogP) is 22.3. The van der Waals surface area contributed by atoms with Gasteiger partial charge in [0.15, 0.2) is 6.10 Å². The van der Waals surface area contributed by atoms with E-state index in [1.54, 1.807) is 0 Å². The van der Waals surface area contributed by atoms with E-state index in [1.807, 2.05) is 0 Å². The summed E-state index contributed by atoms with van der Waals surface area (Å²) in [6.07, 6.45) is 81.0. The Morgan fingerprint density at radius 3 is 0.787 bits per heavy atom. The highest BCUT2D eigenvalue weighted by atomic mass is 16.6. The van der Waals surface area contributed by atoms with Crippen molar-refractivity contribution in [3.05, 3.63) is 60.8 Å². The van der Waals surface area contributed by atoms with E-state index in [4.69, 9.17) is 14.2 Å². The molecule has 1 unspecified atom stereocenters. The van der Waals surface area contributed by atoms with E-state index in [-0.39, 0.29) is 31.1 Å². The van der Waals surface area contributed by atoms with Gasteiger partial charge in [-0.25, -0.2) is 0 Å². The van der Waals surface area contributed by atoms with Crippen LogP contribution in [0.1, 0.15) is 342 Å². The molecule has 0 aliphatic rings. The molecule has 0 aromatic carbocycles. The molecule has 0 amide bonds. The predicted molar refractivity (Wildman–Crippen MR) is 325 cm³/mol. The maximum atomic E-state index is 12.9. The monoisotopic (exact) mass is 1050 g/mol. The summed E-state index contributed by atoms with van der Waals surface area (Å²) in [5.41, 5.74) is 0. The van der Waals surface area contributed by atoms with E-state index < -0.39 is 6.10 Å². The van der Waals surface area contributed by atoms with Crippen molar-refractivity contribution in [1.82, 2.24) is 0 Å². The van der Waals surface area contributed by atoms with Crippen LogP contribution < -0.4 is 0 Å². The molecule has 0 heterocycles. The molecule has 0 saturated carbocycles. The fraction of sp³-hybridized carbons (Fsp3) is 0.812.